The largest absolute Gasteiger partial charge is 0.493 e. The van der Waals surface area contributed by atoms with Crippen LogP contribution in [-0.4, -0.2) is 74.8 Å². The number of piperidine rings is 1. The number of hydrogen-bond donors (Lipinski definition) is 1. The Morgan fingerprint density at radius 2 is 1.97 bits per heavy atom. The fourth-order valence-electron chi connectivity index (χ4n) is 4.07. The average molecular weight is 437 g/mol. The van der Waals surface area contributed by atoms with E-state index < -0.39 is 10.0 Å². The molecule has 0 bridgehead atoms. The van der Waals surface area contributed by atoms with Crippen LogP contribution in [0, 0.1) is 13.8 Å². The molecule has 0 radical (unpaired) electrons. The van der Waals surface area contributed by atoms with Crippen LogP contribution in [0.1, 0.15) is 29.8 Å². The summed E-state index contributed by atoms with van der Waals surface area (Å²) < 4.78 is 38.7. The van der Waals surface area contributed by atoms with Gasteiger partial charge in [0.05, 0.1) is 25.6 Å². The molecule has 2 aromatic rings. The van der Waals surface area contributed by atoms with Crippen molar-refractivity contribution in [1.82, 2.24) is 19.4 Å². The van der Waals surface area contributed by atoms with Crippen LogP contribution in [0.2, 0.25) is 0 Å². The highest BCUT2D eigenvalue weighted by Gasteiger charge is 2.34. The summed E-state index contributed by atoms with van der Waals surface area (Å²) in [6.45, 7) is 5.36. The summed E-state index contributed by atoms with van der Waals surface area (Å²) in [5.41, 5.74) is 2.28. The number of likely N-dealkylation sites (N-methyl/N-ethyl adjacent to an activating group) is 1. The molecule has 8 nitrogen and oxygen atoms in total. The number of benzene rings is 1. The number of aryl methyl sites for hydroxylation is 2. The molecule has 0 saturated carbocycles. The van der Waals surface area contributed by atoms with Crippen LogP contribution in [0.15, 0.2) is 23.1 Å². The molecule has 3 rings (SSSR count). The van der Waals surface area contributed by atoms with Gasteiger partial charge in [0, 0.05) is 25.7 Å². The molecule has 1 atom stereocenters. The molecule has 9 heteroatoms. The molecule has 30 heavy (non-hydrogen) atoms. The number of aromatic amines is 1. The Morgan fingerprint density at radius 1 is 1.23 bits per heavy atom. The van der Waals surface area contributed by atoms with E-state index in [2.05, 4.69) is 22.1 Å². The molecule has 0 spiro atoms. The lowest BCUT2D eigenvalue weighted by Crippen LogP contribution is -2.49. The minimum Gasteiger partial charge on any atom is -0.493 e. The van der Waals surface area contributed by atoms with Crippen LogP contribution in [0.25, 0.3) is 0 Å². The van der Waals surface area contributed by atoms with Crippen LogP contribution in [0.4, 0.5) is 0 Å². The van der Waals surface area contributed by atoms with Crippen molar-refractivity contribution in [3.05, 3.63) is 35.2 Å². The number of sulfonamides is 1. The fraction of sp³-hybridized carbons (Fsp3) is 0.571. The summed E-state index contributed by atoms with van der Waals surface area (Å²) in [6, 6.07) is 6.13. The summed E-state index contributed by atoms with van der Waals surface area (Å²) in [4.78, 5) is 2.57. The lowest BCUT2D eigenvalue weighted by Gasteiger charge is -2.37. The summed E-state index contributed by atoms with van der Waals surface area (Å²) in [6.07, 6.45) is 2.68. The fourth-order valence-corrected chi connectivity index (χ4v) is 5.92. The van der Waals surface area contributed by atoms with Crippen molar-refractivity contribution >= 4 is 10.0 Å². The van der Waals surface area contributed by atoms with Gasteiger partial charge in [0.2, 0.25) is 10.0 Å². The molecular weight excluding hydrogens is 404 g/mol. The topological polar surface area (TPSA) is 87.8 Å². The Labute approximate surface area is 179 Å². The predicted molar refractivity (Wildman–Crippen MR) is 116 cm³/mol. The second-order valence-corrected chi connectivity index (χ2v) is 9.72. The molecule has 1 fully saturated rings. The Morgan fingerprint density at radius 3 is 2.60 bits per heavy atom. The highest BCUT2D eigenvalue weighted by molar-refractivity contribution is 7.89. The first-order valence-electron chi connectivity index (χ1n) is 10.2. The third-order valence-electron chi connectivity index (χ3n) is 5.84. The van der Waals surface area contributed by atoms with E-state index in [0.29, 0.717) is 35.1 Å². The number of methoxy groups -OCH3 is 2. The van der Waals surface area contributed by atoms with Crippen LogP contribution in [-0.2, 0) is 16.4 Å². The zero-order valence-electron chi connectivity index (χ0n) is 18.4. The number of nitrogens with one attached hydrogen (secondary N) is 1. The average Bonchev–Trinajstić information content (AvgIpc) is 3.10. The first-order chi connectivity index (χ1) is 14.3. The third kappa shape index (κ3) is 4.63. The standard InChI is InChI=1S/C21H32N4O4S/c1-15-21(16(2)23-22-15)30(26,27)25-11-6-7-18(14-25)24(3)12-10-17-8-9-19(28-4)20(13-17)29-5/h8-9,13,18H,6-7,10-12,14H2,1-5H3,(H,22,23). The van der Waals surface area contributed by atoms with Crippen LogP contribution >= 0.6 is 0 Å². The highest BCUT2D eigenvalue weighted by Crippen LogP contribution is 2.28. The Hall–Kier alpha value is -2.10. The molecule has 2 heterocycles. The highest BCUT2D eigenvalue weighted by atomic mass is 32.2. The summed E-state index contributed by atoms with van der Waals surface area (Å²) >= 11 is 0. The van der Waals surface area contributed by atoms with Gasteiger partial charge in [-0.15, -0.1) is 0 Å². The first-order valence-corrected chi connectivity index (χ1v) is 11.6. The molecular formula is C21H32N4O4S. The number of aromatic nitrogens is 2. The minimum absolute atomic E-state index is 0.182. The maximum absolute atomic E-state index is 13.2. The number of H-pyrrole nitrogens is 1. The van der Waals surface area contributed by atoms with E-state index in [1.165, 1.54) is 0 Å². The second kappa shape index (κ2) is 9.36. The lowest BCUT2D eigenvalue weighted by atomic mass is 10.1. The van der Waals surface area contributed by atoms with Gasteiger partial charge in [-0.2, -0.15) is 9.40 Å². The molecule has 1 saturated heterocycles. The predicted octanol–water partition coefficient (Wildman–Crippen LogP) is 2.37. The van der Waals surface area contributed by atoms with Crippen molar-refractivity contribution in [1.29, 1.82) is 0 Å². The molecule has 1 unspecified atom stereocenters. The lowest BCUT2D eigenvalue weighted by molar-refractivity contribution is 0.164. The van der Waals surface area contributed by atoms with Crippen molar-refractivity contribution in [2.45, 2.75) is 44.0 Å². The van der Waals surface area contributed by atoms with E-state index in [1.807, 2.05) is 18.2 Å². The third-order valence-corrected chi connectivity index (χ3v) is 7.97. The summed E-state index contributed by atoms with van der Waals surface area (Å²) in [7, 11) is 1.78. The summed E-state index contributed by atoms with van der Waals surface area (Å²) in [5, 5.41) is 6.85. The Balaban J connectivity index is 1.65. The maximum Gasteiger partial charge on any atom is 0.246 e. The molecule has 1 aliphatic rings. The van der Waals surface area contributed by atoms with Crippen molar-refractivity contribution < 1.29 is 17.9 Å². The van der Waals surface area contributed by atoms with Gasteiger partial charge in [0.15, 0.2) is 11.5 Å². The number of ether oxygens (including phenoxy) is 2. The van der Waals surface area contributed by atoms with Gasteiger partial charge in [-0.1, -0.05) is 6.07 Å². The zero-order valence-corrected chi connectivity index (χ0v) is 19.3. The van der Waals surface area contributed by atoms with Crippen molar-refractivity contribution in [2.24, 2.45) is 0 Å². The maximum atomic E-state index is 13.2. The second-order valence-electron chi connectivity index (χ2n) is 7.84. The minimum atomic E-state index is -3.55. The van der Waals surface area contributed by atoms with E-state index in [9.17, 15) is 8.42 Å². The monoisotopic (exact) mass is 436 g/mol. The van der Waals surface area contributed by atoms with Crippen molar-refractivity contribution in [2.75, 3.05) is 40.9 Å². The zero-order chi connectivity index (χ0) is 21.9. The smallest absolute Gasteiger partial charge is 0.246 e. The molecule has 1 aliphatic heterocycles. The van der Waals surface area contributed by atoms with Gasteiger partial charge in [0.1, 0.15) is 4.90 Å². The van der Waals surface area contributed by atoms with E-state index in [4.69, 9.17) is 9.47 Å². The molecule has 1 aromatic heterocycles. The van der Waals surface area contributed by atoms with Gasteiger partial charge in [-0.05, 0) is 57.9 Å². The van der Waals surface area contributed by atoms with E-state index in [-0.39, 0.29) is 6.04 Å². The van der Waals surface area contributed by atoms with Crippen molar-refractivity contribution in [3.63, 3.8) is 0 Å². The normalized spacial score (nSPS) is 18.0. The molecule has 166 valence electrons. The van der Waals surface area contributed by atoms with E-state index in [1.54, 1.807) is 32.4 Å². The molecule has 0 aliphatic carbocycles. The SMILES string of the molecule is COc1ccc(CCN(C)C2CCCN(S(=O)(=O)c3c(C)n[nH]c3C)C2)cc1OC. The van der Waals surface area contributed by atoms with Gasteiger partial charge in [0.25, 0.3) is 0 Å². The van der Waals surface area contributed by atoms with Gasteiger partial charge < -0.3 is 14.4 Å². The van der Waals surface area contributed by atoms with Gasteiger partial charge >= 0.3 is 0 Å². The first kappa shape index (κ1) is 22.6. The van der Waals surface area contributed by atoms with E-state index >= 15 is 0 Å². The van der Waals surface area contributed by atoms with Crippen molar-refractivity contribution in [3.8, 4) is 11.5 Å². The van der Waals surface area contributed by atoms with Crippen LogP contribution < -0.4 is 9.47 Å². The van der Waals surface area contributed by atoms with Crippen LogP contribution in [0.5, 0.6) is 11.5 Å². The Kier molecular flexibility index (Phi) is 7.05. The molecule has 1 aromatic carbocycles. The number of hydrogen-bond acceptors (Lipinski definition) is 6. The Bertz CT molecular complexity index is 954. The number of rotatable bonds is 8. The molecule has 0 amide bonds. The van der Waals surface area contributed by atoms with E-state index in [0.717, 1.165) is 37.1 Å². The molecule has 1 N–H and O–H groups in total. The number of nitrogens with zero attached hydrogens (tertiary/aromatic N) is 3. The van der Waals surface area contributed by atoms with Gasteiger partial charge in [-0.25, -0.2) is 8.42 Å². The van der Waals surface area contributed by atoms with Crippen LogP contribution in [0.3, 0.4) is 0 Å². The summed E-state index contributed by atoms with van der Waals surface area (Å²) in [5.74, 6) is 1.44. The quantitative estimate of drug-likeness (QED) is 0.684. The van der Waals surface area contributed by atoms with Gasteiger partial charge in [-0.3, -0.25) is 5.10 Å².